The molecular weight excluding hydrogens is 195 g/mol. The first kappa shape index (κ1) is 9.05. The van der Waals surface area contributed by atoms with Gasteiger partial charge >= 0.3 is 0 Å². The van der Waals surface area contributed by atoms with E-state index in [-0.39, 0.29) is 24.4 Å². The lowest BCUT2D eigenvalue weighted by Crippen LogP contribution is -2.21. The van der Waals surface area contributed by atoms with Crippen molar-refractivity contribution < 1.29 is 18.0 Å². The second-order valence-electron chi connectivity index (χ2n) is 3.07. The van der Waals surface area contributed by atoms with E-state index in [1.165, 1.54) is 0 Å². The number of rotatable bonds is 0. The first-order valence-electron chi connectivity index (χ1n) is 4.06. The first-order valence-corrected chi connectivity index (χ1v) is 4.06. The summed E-state index contributed by atoms with van der Waals surface area (Å²) < 4.78 is 38.6. The molecule has 5 heteroatoms. The smallest absolute Gasteiger partial charge is 0.224 e. The second-order valence-corrected chi connectivity index (χ2v) is 3.07. The minimum Gasteiger partial charge on any atom is -0.323 e. The van der Waals surface area contributed by atoms with Crippen molar-refractivity contribution in [2.75, 3.05) is 5.32 Å². The number of nitrogens with one attached hydrogen (secondary N) is 1. The third-order valence-electron chi connectivity index (χ3n) is 2.13. The minimum absolute atomic E-state index is 0.164. The van der Waals surface area contributed by atoms with Gasteiger partial charge in [0.05, 0.1) is 5.69 Å². The number of hydrogen-bond donors (Lipinski definition) is 1. The van der Waals surface area contributed by atoms with Crippen LogP contribution in [0.4, 0.5) is 18.9 Å². The Morgan fingerprint density at radius 2 is 1.86 bits per heavy atom. The molecule has 0 bridgehead atoms. The maximum atomic E-state index is 13.1. The number of anilines is 1. The Morgan fingerprint density at radius 1 is 1.14 bits per heavy atom. The standard InChI is InChI=1S/C9H6F3NO/c10-5-3-4-1-2-6(14)13-9(4)8(12)7(5)11/h3H,1-2H2,(H,13,14). The van der Waals surface area contributed by atoms with Crippen molar-refractivity contribution in [3.05, 3.63) is 29.1 Å². The van der Waals surface area contributed by atoms with Crippen LogP contribution in [-0.4, -0.2) is 5.91 Å². The van der Waals surface area contributed by atoms with Crippen LogP contribution in [0, 0.1) is 17.5 Å². The molecule has 1 heterocycles. The van der Waals surface area contributed by atoms with Gasteiger partial charge in [0.25, 0.3) is 0 Å². The van der Waals surface area contributed by atoms with Crippen molar-refractivity contribution in [2.24, 2.45) is 0 Å². The molecular formula is C9H6F3NO. The fourth-order valence-electron chi connectivity index (χ4n) is 1.43. The van der Waals surface area contributed by atoms with Crippen molar-refractivity contribution in [3.8, 4) is 0 Å². The molecule has 0 saturated heterocycles. The summed E-state index contributed by atoms with van der Waals surface area (Å²) in [6, 6.07) is 0.910. The normalized spacial score (nSPS) is 14.9. The largest absolute Gasteiger partial charge is 0.323 e. The zero-order valence-electron chi connectivity index (χ0n) is 7.03. The third kappa shape index (κ3) is 1.25. The van der Waals surface area contributed by atoms with E-state index in [0.29, 0.717) is 5.56 Å². The molecule has 1 amide bonds. The van der Waals surface area contributed by atoms with Crippen LogP contribution in [0.1, 0.15) is 12.0 Å². The van der Waals surface area contributed by atoms with Gasteiger partial charge < -0.3 is 5.32 Å². The highest BCUT2D eigenvalue weighted by Crippen LogP contribution is 2.28. The van der Waals surface area contributed by atoms with Crippen molar-refractivity contribution in [2.45, 2.75) is 12.8 Å². The van der Waals surface area contributed by atoms with Crippen LogP contribution in [0.3, 0.4) is 0 Å². The number of amides is 1. The molecule has 1 aliphatic rings. The summed E-state index contributed by atoms with van der Waals surface area (Å²) in [4.78, 5) is 10.9. The van der Waals surface area contributed by atoms with Gasteiger partial charge in [-0.2, -0.15) is 0 Å². The van der Waals surface area contributed by atoms with Crippen LogP contribution in [0.25, 0.3) is 0 Å². The number of fused-ring (bicyclic) bond motifs is 1. The van der Waals surface area contributed by atoms with Crippen molar-refractivity contribution in [1.29, 1.82) is 0 Å². The molecule has 0 spiro atoms. The molecule has 74 valence electrons. The molecule has 1 aliphatic heterocycles. The average Bonchev–Trinajstić information content (AvgIpc) is 2.16. The van der Waals surface area contributed by atoms with Crippen LogP contribution < -0.4 is 5.32 Å². The quantitative estimate of drug-likeness (QED) is 0.639. The molecule has 0 aliphatic carbocycles. The molecule has 0 aromatic heterocycles. The molecule has 1 aromatic rings. The molecule has 0 radical (unpaired) electrons. The van der Waals surface area contributed by atoms with Crippen LogP contribution >= 0.6 is 0 Å². The fraction of sp³-hybridized carbons (Fsp3) is 0.222. The van der Waals surface area contributed by atoms with Crippen molar-refractivity contribution in [1.82, 2.24) is 0 Å². The summed E-state index contributed by atoms with van der Waals surface area (Å²) in [7, 11) is 0. The van der Waals surface area contributed by atoms with Gasteiger partial charge in [-0.05, 0) is 18.1 Å². The van der Waals surface area contributed by atoms with E-state index in [1.807, 2.05) is 0 Å². The summed E-state index contributed by atoms with van der Waals surface area (Å²) in [5.41, 5.74) is 0.0566. The number of carbonyl (C=O) groups excluding carboxylic acids is 1. The molecule has 14 heavy (non-hydrogen) atoms. The molecule has 1 aromatic carbocycles. The lowest BCUT2D eigenvalue weighted by Gasteiger charge is -2.17. The van der Waals surface area contributed by atoms with Crippen LogP contribution in [0.5, 0.6) is 0 Å². The fourth-order valence-corrected chi connectivity index (χ4v) is 1.43. The number of aryl methyl sites for hydroxylation is 1. The van der Waals surface area contributed by atoms with Gasteiger partial charge in [-0.25, -0.2) is 13.2 Å². The van der Waals surface area contributed by atoms with Gasteiger partial charge in [0, 0.05) is 6.42 Å². The summed E-state index contributed by atoms with van der Waals surface area (Å²) in [5.74, 6) is -4.49. The molecule has 0 fully saturated rings. The lowest BCUT2D eigenvalue weighted by molar-refractivity contribution is -0.116. The minimum atomic E-state index is -1.55. The average molecular weight is 201 g/mol. The molecule has 2 nitrogen and oxygen atoms in total. The van der Waals surface area contributed by atoms with Crippen LogP contribution in [0.2, 0.25) is 0 Å². The maximum Gasteiger partial charge on any atom is 0.224 e. The van der Waals surface area contributed by atoms with Gasteiger partial charge in [0.15, 0.2) is 17.5 Å². The molecule has 0 saturated carbocycles. The lowest BCUT2D eigenvalue weighted by atomic mass is 10.0. The topological polar surface area (TPSA) is 29.1 Å². The molecule has 2 rings (SSSR count). The van der Waals surface area contributed by atoms with Gasteiger partial charge in [-0.15, -0.1) is 0 Å². The Balaban J connectivity index is 2.60. The Hall–Kier alpha value is -1.52. The SMILES string of the molecule is O=C1CCc2cc(F)c(F)c(F)c2N1. The van der Waals surface area contributed by atoms with E-state index >= 15 is 0 Å². The Morgan fingerprint density at radius 3 is 2.57 bits per heavy atom. The van der Waals surface area contributed by atoms with E-state index in [2.05, 4.69) is 5.32 Å². The highest BCUT2D eigenvalue weighted by molar-refractivity contribution is 5.94. The van der Waals surface area contributed by atoms with E-state index in [4.69, 9.17) is 0 Å². The highest BCUT2D eigenvalue weighted by atomic mass is 19.2. The number of benzene rings is 1. The molecule has 0 atom stereocenters. The van der Waals surface area contributed by atoms with Gasteiger partial charge in [0.1, 0.15) is 0 Å². The number of hydrogen-bond acceptors (Lipinski definition) is 1. The zero-order chi connectivity index (χ0) is 10.3. The summed E-state index contributed by atoms with van der Waals surface area (Å²) in [5, 5.41) is 2.18. The van der Waals surface area contributed by atoms with Crippen molar-refractivity contribution >= 4 is 11.6 Å². The van der Waals surface area contributed by atoms with E-state index in [1.54, 1.807) is 0 Å². The number of halogens is 3. The van der Waals surface area contributed by atoms with Gasteiger partial charge in [0.2, 0.25) is 5.91 Å². The van der Waals surface area contributed by atoms with Gasteiger partial charge in [-0.3, -0.25) is 4.79 Å². The highest BCUT2D eigenvalue weighted by Gasteiger charge is 2.23. The van der Waals surface area contributed by atoms with Crippen molar-refractivity contribution in [3.63, 3.8) is 0 Å². The zero-order valence-corrected chi connectivity index (χ0v) is 7.03. The van der Waals surface area contributed by atoms with E-state index in [0.717, 1.165) is 6.07 Å². The Bertz CT molecular complexity index is 417. The third-order valence-corrected chi connectivity index (χ3v) is 2.13. The van der Waals surface area contributed by atoms with E-state index < -0.39 is 17.5 Å². The molecule has 0 unspecified atom stereocenters. The predicted molar refractivity (Wildman–Crippen MR) is 43.3 cm³/mol. The monoisotopic (exact) mass is 201 g/mol. The summed E-state index contributed by atoms with van der Waals surface area (Å²) in [6.45, 7) is 0. The first-order chi connectivity index (χ1) is 6.59. The van der Waals surface area contributed by atoms with Gasteiger partial charge in [-0.1, -0.05) is 0 Å². The maximum absolute atomic E-state index is 13.1. The summed E-state index contributed by atoms with van der Waals surface area (Å²) >= 11 is 0. The number of carbonyl (C=O) groups is 1. The van der Waals surface area contributed by atoms with Crippen LogP contribution in [-0.2, 0) is 11.2 Å². The van der Waals surface area contributed by atoms with E-state index in [9.17, 15) is 18.0 Å². The Kier molecular flexibility index (Phi) is 1.94. The van der Waals surface area contributed by atoms with Crippen LogP contribution in [0.15, 0.2) is 6.07 Å². The summed E-state index contributed by atoms with van der Waals surface area (Å²) in [6.07, 6.45) is 0.396. The second kappa shape index (κ2) is 3.01. The Labute approximate surface area is 77.7 Å². The molecule has 1 N–H and O–H groups in total. The predicted octanol–water partition coefficient (Wildman–Crippen LogP) is 1.99.